The molecule has 152 valence electrons. The smallest absolute Gasteiger partial charge is 0.309 e. The summed E-state index contributed by atoms with van der Waals surface area (Å²) in [6.07, 6.45) is 1.45. The van der Waals surface area contributed by atoms with Gasteiger partial charge in [-0.2, -0.15) is 0 Å². The predicted octanol–water partition coefficient (Wildman–Crippen LogP) is 2.94. The second-order valence-electron chi connectivity index (χ2n) is 5.98. The number of nitrogens with one attached hydrogen (secondary N) is 2. The van der Waals surface area contributed by atoms with Crippen LogP contribution < -0.4 is 10.6 Å². The standard InChI is InChI=1S/C19H17ClN2O5S2/c20-13-5-7-15(8-6-13)29(25,26)17(16-4-2-10-28-16)12-22-19(24)18(23)21-11-14-3-1-9-27-14/h1-10,17H,11-12H2,(H,21,23)(H,22,24). The molecule has 2 heterocycles. The van der Waals surface area contributed by atoms with Crippen LogP contribution in [0, 0.1) is 0 Å². The van der Waals surface area contributed by atoms with E-state index in [1.807, 2.05) is 0 Å². The van der Waals surface area contributed by atoms with Crippen LogP contribution in [0.3, 0.4) is 0 Å². The predicted molar refractivity (Wildman–Crippen MR) is 109 cm³/mol. The largest absolute Gasteiger partial charge is 0.467 e. The van der Waals surface area contributed by atoms with E-state index < -0.39 is 26.9 Å². The number of amides is 2. The monoisotopic (exact) mass is 452 g/mol. The van der Waals surface area contributed by atoms with Crippen LogP contribution in [0.1, 0.15) is 15.9 Å². The summed E-state index contributed by atoms with van der Waals surface area (Å²) >= 11 is 7.10. The zero-order chi connectivity index (χ0) is 20.9. The van der Waals surface area contributed by atoms with E-state index in [-0.39, 0.29) is 18.0 Å². The van der Waals surface area contributed by atoms with Crippen molar-refractivity contribution in [3.05, 3.63) is 75.8 Å². The van der Waals surface area contributed by atoms with Crippen molar-refractivity contribution in [2.45, 2.75) is 16.7 Å². The van der Waals surface area contributed by atoms with Crippen LogP contribution in [-0.4, -0.2) is 26.8 Å². The number of furan rings is 1. The van der Waals surface area contributed by atoms with E-state index in [1.54, 1.807) is 29.6 Å². The van der Waals surface area contributed by atoms with Gasteiger partial charge in [0, 0.05) is 16.4 Å². The molecule has 0 saturated heterocycles. The Morgan fingerprint density at radius 1 is 1.03 bits per heavy atom. The van der Waals surface area contributed by atoms with E-state index in [4.69, 9.17) is 16.0 Å². The number of sulfone groups is 1. The van der Waals surface area contributed by atoms with Crippen LogP contribution in [0.25, 0.3) is 0 Å². The highest BCUT2D eigenvalue weighted by atomic mass is 35.5. The molecule has 0 spiro atoms. The molecule has 2 aromatic heterocycles. The molecule has 0 aliphatic heterocycles. The molecule has 2 N–H and O–H groups in total. The SMILES string of the molecule is O=C(NCc1ccco1)C(=O)NCC(c1cccs1)S(=O)(=O)c1ccc(Cl)cc1. The van der Waals surface area contributed by atoms with Gasteiger partial charge in [-0.3, -0.25) is 9.59 Å². The second kappa shape index (κ2) is 9.25. The lowest BCUT2D eigenvalue weighted by atomic mass is 10.3. The van der Waals surface area contributed by atoms with Crippen LogP contribution in [0.15, 0.2) is 69.5 Å². The lowest BCUT2D eigenvalue weighted by Gasteiger charge is -2.17. The zero-order valence-corrected chi connectivity index (χ0v) is 17.4. The van der Waals surface area contributed by atoms with E-state index in [0.29, 0.717) is 15.7 Å². The molecule has 0 bridgehead atoms. The normalized spacial score (nSPS) is 12.3. The topological polar surface area (TPSA) is 105 Å². The fourth-order valence-electron chi connectivity index (χ4n) is 2.55. The molecular formula is C19H17ClN2O5S2. The van der Waals surface area contributed by atoms with Crippen molar-refractivity contribution >= 4 is 44.6 Å². The lowest BCUT2D eigenvalue weighted by molar-refractivity contribution is -0.139. The Morgan fingerprint density at radius 3 is 2.38 bits per heavy atom. The van der Waals surface area contributed by atoms with E-state index in [1.165, 1.54) is 41.9 Å². The molecule has 0 radical (unpaired) electrons. The van der Waals surface area contributed by atoms with Gasteiger partial charge in [0.25, 0.3) is 0 Å². The third kappa shape index (κ3) is 5.26. The molecule has 1 unspecified atom stereocenters. The molecular weight excluding hydrogens is 436 g/mol. The zero-order valence-electron chi connectivity index (χ0n) is 15.0. The maximum Gasteiger partial charge on any atom is 0.309 e. The summed E-state index contributed by atoms with van der Waals surface area (Å²) < 4.78 is 31.3. The van der Waals surface area contributed by atoms with Gasteiger partial charge in [-0.15, -0.1) is 11.3 Å². The minimum Gasteiger partial charge on any atom is -0.467 e. The number of hydrogen-bond donors (Lipinski definition) is 2. The Kier molecular flexibility index (Phi) is 6.73. The van der Waals surface area contributed by atoms with Gasteiger partial charge in [-0.05, 0) is 47.8 Å². The minimum atomic E-state index is -3.82. The molecule has 7 nitrogen and oxygen atoms in total. The molecule has 29 heavy (non-hydrogen) atoms. The highest BCUT2D eigenvalue weighted by molar-refractivity contribution is 7.91. The molecule has 0 aliphatic rings. The third-order valence-electron chi connectivity index (χ3n) is 4.03. The summed E-state index contributed by atoms with van der Waals surface area (Å²) in [4.78, 5) is 24.7. The van der Waals surface area contributed by atoms with Crippen molar-refractivity contribution in [1.82, 2.24) is 10.6 Å². The summed E-state index contributed by atoms with van der Waals surface area (Å²) in [6, 6.07) is 12.5. The van der Waals surface area contributed by atoms with Crippen LogP contribution in [-0.2, 0) is 26.0 Å². The van der Waals surface area contributed by atoms with Gasteiger partial charge >= 0.3 is 11.8 Å². The first-order chi connectivity index (χ1) is 13.9. The van der Waals surface area contributed by atoms with E-state index in [9.17, 15) is 18.0 Å². The summed E-state index contributed by atoms with van der Waals surface area (Å²) in [5, 5.41) is 5.95. The van der Waals surface area contributed by atoms with Gasteiger partial charge in [0.1, 0.15) is 11.0 Å². The number of hydrogen-bond acceptors (Lipinski definition) is 6. The first-order valence-electron chi connectivity index (χ1n) is 8.49. The number of benzene rings is 1. The van der Waals surface area contributed by atoms with Crippen molar-refractivity contribution in [1.29, 1.82) is 0 Å². The lowest BCUT2D eigenvalue weighted by Crippen LogP contribution is -2.41. The van der Waals surface area contributed by atoms with Gasteiger partial charge in [-0.1, -0.05) is 17.7 Å². The Balaban J connectivity index is 1.70. The molecule has 10 heteroatoms. The van der Waals surface area contributed by atoms with Crippen molar-refractivity contribution < 1.29 is 22.4 Å². The fraction of sp³-hybridized carbons (Fsp3) is 0.158. The van der Waals surface area contributed by atoms with Crippen LogP contribution in [0.4, 0.5) is 0 Å². The number of carbonyl (C=O) groups is 2. The Morgan fingerprint density at radius 2 is 1.76 bits per heavy atom. The molecule has 0 fully saturated rings. The first kappa shape index (κ1) is 21.1. The number of carbonyl (C=O) groups excluding carboxylic acids is 2. The quantitative estimate of drug-likeness (QED) is 0.536. The van der Waals surface area contributed by atoms with Crippen molar-refractivity contribution in [2.24, 2.45) is 0 Å². The highest BCUT2D eigenvalue weighted by Crippen LogP contribution is 2.31. The van der Waals surface area contributed by atoms with Crippen molar-refractivity contribution in [2.75, 3.05) is 6.54 Å². The summed E-state index contributed by atoms with van der Waals surface area (Å²) in [7, 11) is -3.82. The van der Waals surface area contributed by atoms with E-state index >= 15 is 0 Å². The van der Waals surface area contributed by atoms with Gasteiger partial charge in [0.15, 0.2) is 9.84 Å². The minimum absolute atomic E-state index is 0.0523. The van der Waals surface area contributed by atoms with Gasteiger partial charge in [-0.25, -0.2) is 8.42 Å². The highest BCUT2D eigenvalue weighted by Gasteiger charge is 2.31. The van der Waals surface area contributed by atoms with Gasteiger partial charge in [0.2, 0.25) is 0 Å². The summed E-state index contributed by atoms with van der Waals surface area (Å²) in [5.74, 6) is -1.31. The number of rotatable bonds is 7. The molecule has 0 aliphatic carbocycles. The first-order valence-corrected chi connectivity index (χ1v) is 11.3. The Bertz CT molecular complexity index is 1060. The van der Waals surface area contributed by atoms with Crippen molar-refractivity contribution in [3.8, 4) is 0 Å². The number of halogens is 1. The number of thiophene rings is 1. The summed E-state index contributed by atoms with van der Waals surface area (Å²) in [5.41, 5.74) is 0. The maximum absolute atomic E-state index is 13.1. The summed E-state index contributed by atoms with van der Waals surface area (Å²) in [6.45, 7) is -0.199. The average Bonchev–Trinajstić information content (AvgIpc) is 3.40. The fourth-order valence-corrected chi connectivity index (χ4v) is 5.46. The molecule has 0 saturated carbocycles. The van der Waals surface area contributed by atoms with Crippen LogP contribution >= 0.6 is 22.9 Å². The van der Waals surface area contributed by atoms with Crippen LogP contribution in [0.5, 0.6) is 0 Å². The van der Waals surface area contributed by atoms with Gasteiger partial charge in [0.05, 0.1) is 17.7 Å². The maximum atomic E-state index is 13.1. The van der Waals surface area contributed by atoms with Gasteiger partial charge < -0.3 is 15.1 Å². The average molecular weight is 453 g/mol. The molecule has 3 aromatic rings. The van der Waals surface area contributed by atoms with E-state index in [2.05, 4.69) is 10.6 Å². The third-order valence-corrected chi connectivity index (χ3v) is 7.52. The molecule has 3 rings (SSSR count). The van der Waals surface area contributed by atoms with Crippen molar-refractivity contribution in [3.63, 3.8) is 0 Å². The van der Waals surface area contributed by atoms with E-state index in [0.717, 1.165) is 0 Å². The molecule has 1 atom stereocenters. The molecule has 2 amide bonds. The Labute approximate surface area is 176 Å². The molecule has 1 aromatic carbocycles. The Hall–Kier alpha value is -2.62. The second-order valence-corrected chi connectivity index (χ2v) is 9.52. The van der Waals surface area contributed by atoms with Crippen LogP contribution in [0.2, 0.25) is 5.02 Å².